The van der Waals surface area contributed by atoms with Crippen LogP contribution in [0, 0.1) is 6.92 Å². The van der Waals surface area contributed by atoms with Gasteiger partial charge >= 0.3 is 0 Å². The highest BCUT2D eigenvalue weighted by atomic mass is 32.2. The van der Waals surface area contributed by atoms with Gasteiger partial charge in [0.2, 0.25) is 15.9 Å². The van der Waals surface area contributed by atoms with Crippen molar-refractivity contribution in [3.63, 3.8) is 0 Å². The number of hydrogen-bond donors (Lipinski definition) is 4. The van der Waals surface area contributed by atoms with E-state index in [4.69, 9.17) is 9.47 Å². The number of hydrazine groups is 1. The average Bonchev–Trinajstić information content (AvgIpc) is 3.24. The molecular formula is C20H26N4O5S. The lowest BCUT2D eigenvalue weighted by Gasteiger charge is -2.15. The fourth-order valence-corrected chi connectivity index (χ4v) is 4.24. The first kappa shape index (κ1) is 22.0. The fourth-order valence-electron chi connectivity index (χ4n) is 3.32. The van der Waals surface area contributed by atoms with Gasteiger partial charge in [-0.05, 0) is 55.8 Å². The standard InChI is InChI=1S/C20H26N4O5S/c1-12-5-7-17(28-3)15(9-12)22-20(25)16-11-14(23-24-16)13-6-8-18(29-4)19(10-13)30(26,27)21-2/h5-10,14,16,21,23-24H,11H2,1-4H3,(H,22,25). The van der Waals surface area contributed by atoms with E-state index in [-0.39, 0.29) is 22.6 Å². The Morgan fingerprint density at radius 2 is 1.77 bits per heavy atom. The lowest BCUT2D eigenvalue weighted by atomic mass is 10.0. The maximum atomic E-state index is 12.7. The number of nitrogens with one attached hydrogen (secondary N) is 4. The van der Waals surface area contributed by atoms with Crippen LogP contribution < -0.4 is 30.4 Å². The highest BCUT2D eigenvalue weighted by Gasteiger charge is 2.31. The molecule has 2 aromatic rings. The number of carbonyl (C=O) groups is 1. The number of ether oxygens (including phenoxy) is 2. The largest absolute Gasteiger partial charge is 0.495 e. The molecule has 1 fully saturated rings. The summed E-state index contributed by atoms with van der Waals surface area (Å²) >= 11 is 0. The van der Waals surface area contributed by atoms with Crippen molar-refractivity contribution in [1.82, 2.24) is 15.6 Å². The number of aryl methyl sites for hydroxylation is 1. The van der Waals surface area contributed by atoms with Gasteiger partial charge in [-0.3, -0.25) is 4.79 Å². The molecule has 30 heavy (non-hydrogen) atoms. The Balaban J connectivity index is 1.76. The average molecular weight is 435 g/mol. The number of carbonyl (C=O) groups excluding carboxylic acids is 1. The van der Waals surface area contributed by atoms with Gasteiger partial charge < -0.3 is 14.8 Å². The number of hydrogen-bond acceptors (Lipinski definition) is 7. The summed E-state index contributed by atoms with van der Waals surface area (Å²) in [5.74, 6) is 0.610. The zero-order valence-electron chi connectivity index (χ0n) is 17.3. The van der Waals surface area contributed by atoms with Crippen LogP contribution in [0.4, 0.5) is 5.69 Å². The summed E-state index contributed by atoms with van der Waals surface area (Å²) in [5, 5.41) is 2.89. The molecule has 2 unspecified atom stereocenters. The van der Waals surface area contributed by atoms with Crippen molar-refractivity contribution in [3.8, 4) is 11.5 Å². The minimum atomic E-state index is -3.69. The van der Waals surface area contributed by atoms with Crippen molar-refractivity contribution in [3.05, 3.63) is 47.5 Å². The number of anilines is 1. The summed E-state index contributed by atoms with van der Waals surface area (Å²) in [5.41, 5.74) is 8.36. The third kappa shape index (κ3) is 4.57. The molecule has 10 heteroatoms. The van der Waals surface area contributed by atoms with Crippen LogP contribution in [0.5, 0.6) is 11.5 Å². The Morgan fingerprint density at radius 3 is 2.43 bits per heavy atom. The second-order valence-electron chi connectivity index (χ2n) is 6.94. The third-order valence-electron chi connectivity index (χ3n) is 4.98. The Hall–Kier alpha value is -2.66. The summed E-state index contributed by atoms with van der Waals surface area (Å²) < 4.78 is 37.4. The molecule has 2 aromatic carbocycles. The van der Waals surface area contributed by atoms with Gasteiger partial charge in [-0.15, -0.1) is 0 Å². The van der Waals surface area contributed by atoms with E-state index in [1.54, 1.807) is 31.4 Å². The smallest absolute Gasteiger partial charge is 0.244 e. The quantitative estimate of drug-likeness (QED) is 0.521. The molecule has 0 saturated carbocycles. The number of sulfonamides is 1. The highest BCUT2D eigenvalue weighted by molar-refractivity contribution is 7.89. The van der Waals surface area contributed by atoms with Crippen LogP contribution in [0.3, 0.4) is 0 Å². The van der Waals surface area contributed by atoms with Crippen molar-refractivity contribution in [2.75, 3.05) is 26.6 Å². The van der Waals surface area contributed by atoms with Crippen LogP contribution in [0.1, 0.15) is 23.6 Å². The van der Waals surface area contributed by atoms with Crippen molar-refractivity contribution in [1.29, 1.82) is 0 Å². The van der Waals surface area contributed by atoms with Crippen molar-refractivity contribution in [2.24, 2.45) is 0 Å². The molecule has 1 amide bonds. The molecule has 1 saturated heterocycles. The first-order chi connectivity index (χ1) is 14.3. The zero-order chi connectivity index (χ0) is 21.9. The van der Waals surface area contributed by atoms with Crippen LogP contribution in [0.2, 0.25) is 0 Å². The van der Waals surface area contributed by atoms with E-state index in [1.165, 1.54) is 14.2 Å². The maximum absolute atomic E-state index is 12.7. The molecule has 0 aromatic heterocycles. The minimum absolute atomic E-state index is 0.0456. The SMILES string of the molecule is CNS(=O)(=O)c1cc(C2CC(C(=O)Nc3cc(C)ccc3OC)NN2)ccc1OC. The predicted molar refractivity (Wildman–Crippen MR) is 113 cm³/mol. The number of rotatable bonds is 7. The molecule has 2 atom stereocenters. The third-order valence-corrected chi connectivity index (χ3v) is 6.42. The first-order valence-corrected chi connectivity index (χ1v) is 10.9. The van der Waals surface area contributed by atoms with Crippen LogP contribution in [0.15, 0.2) is 41.3 Å². The number of amides is 1. The van der Waals surface area contributed by atoms with Gasteiger partial charge in [0.15, 0.2) is 0 Å². The Kier molecular flexibility index (Phi) is 6.61. The molecule has 1 aliphatic rings. The van der Waals surface area contributed by atoms with E-state index in [2.05, 4.69) is 20.9 Å². The van der Waals surface area contributed by atoms with Gasteiger partial charge in [-0.1, -0.05) is 12.1 Å². The fraction of sp³-hybridized carbons (Fsp3) is 0.350. The van der Waals surface area contributed by atoms with E-state index < -0.39 is 16.1 Å². The molecule has 3 rings (SSSR count). The molecule has 162 valence electrons. The van der Waals surface area contributed by atoms with Gasteiger partial charge in [0.05, 0.1) is 19.9 Å². The lowest BCUT2D eigenvalue weighted by molar-refractivity contribution is -0.117. The van der Waals surface area contributed by atoms with E-state index in [0.717, 1.165) is 11.1 Å². The summed E-state index contributed by atoms with van der Waals surface area (Å²) in [6.07, 6.45) is 0.436. The predicted octanol–water partition coefficient (Wildman–Crippen LogP) is 1.47. The summed E-state index contributed by atoms with van der Waals surface area (Å²) in [4.78, 5) is 12.8. The van der Waals surface area contributed by atoms with E-state index >= 15 is 0 Å². The van der Waals surface area contributed by atoms with Gasteiger partial charge in [-0.25, -0.2) is 24.0 Å². The molecule has 9 nitrogen and oxygen atoms in total. The minimum Gasteiger partial charge on any atom is -0.495 e. The second-order valence-corrected chi connectivity index (χ2v) is 8.80. The van der Waals surface area contributed by atoms with E-state index in [0.29, 0.717) is 17.9 Å². The summed E-state index contributed by atoms with van der Waals surface area (Å²) in [6, 6.07) is 9.71. The van der Waals surface area contributed by atoms with Crippen LogP contribution in [-0.2, 0) is 14.8 Å². The number of benzene rings is 2. The van der Waals surface area contributed by atoms with Crippen LogP contribution in [-0.4, -0.2) is 41.6 Å². The lowest BCUT2D eigenvalue weighted by Crippen LogP contribution is -2.39. The van der Waals surface area contributed by atoms with Gasteiger partial charge in [0, 0.05) is 6.04 Å². The maximum Gasteiger partial charge on any atom is 0.244 e. The van der Waals surface area contributed by atoms with Gasteiger partial charge in [-0.2, -0.15) is 0 Å². The Morgan fingerprint density at radius 1 is 1.07 bits per heavy atom. The van der Waals surface area contributed by atoms with Crippen molar-refractivity contribution < 1.29 is 22.7 Å². The second kappa shape index (κ2) is 9.00. The molecule has 0 radical (unpaired) electrons. The zero-order valence-corrected chi connectivity index (χ0v) is 18.1. The Bertz CT molecular complexity index is 1040. The van der Waals surface area contributed by atoms with Crippen LogP contribution >= 0.6 is 0 Å². The molecule has 1 heterocycles. The van der Waals surface area contributed by atoms with E-state index in [9.17, 15) is 13.2 Å². The van der Waals surface area contributed by atoms with Gasteiger partial charge in [0.25, 0.3) is 0 Å². The molecule has 0 spiro atoms. The monoisotopic (exact) mass is 434 g/mol. The summed E-state index contributed by atoms with van der Waals surface area (Å²) in [6.45, 7) is 1.93. The van der Waals surface area contributed by atoms with Crippen molar-refractivity contribution in [2.45, 2.75) is 30.3 Å². The molecule has 0 aliphatic carbocycles. The molecular weight excluding hydrogens is 408 g/mol. The van der Waals surface area contributed by atoms with E-state index in [1.807, 2.05) is 19.1 Å². The normalized spacial score (nSPS) is 18.8. The molecule has 1 aliphatic heterocycles. The molecule has 4 N–H and O–H groups in total. The number of methoxy groups -OCH3 is 2. The highest BCUT2D eigenvalue weighted by Crippen LogP contribution is 2.31. The molecule has 0 bridgehead atoms. The van der Waals surface area contributed by atoms with Gasteiger partial charge in [0.1, 0.15) is 22.4 Å². The topological polar surface area (TPSA) is 118 Å². The Labute approximate surface area is 176 Å². The first-order valence-electron chi connectivity index (χ1n) is 9.37. The van der Waals surface area contributed by atoms with Crippen molar-refractivity contribution >= 4 is 21.6 Å². The summed E-state index contributed by atoms with van der Waals surface area (Å²) in [7, 11) is 0.616. The van der Waals surface area contributed by atoms with Crippen LogP contribution in [0.25, 0.3) is 0 Å².